The van der Waals surface area contributed by atoms with Gasteiger partial charge in [0.15, 0.2) is 0 Å². The van der Waals surface area contributed by atoms with E-state index in [1.807, 2.05) is 43.5 Å². The van der Waals surface area contributed by atoms with Crippen LogP contribution in [0.25, 0.3) is 5.65 Å². The molecule has 0 saturated carbocycles. The summed E-state index contributed by atoms with van der Waals surface area (Å²) in [6, 6.07) is 11.1. The van der Waals surface area contributed by atoms with E-state index in [-0.39, 0.29) is 5.91 Å². The standard InChI is InChI=1S/C17H16BrN3O2/c1-3-14-16(21-10-11(18)7-8-15(21)20-14)17(22)19-12-5-4-6-13(9-12)23-2/h4-10H,3H2,1-2H3,(H,19,22). The van der Waals surface area contributed by atoms with Crippen LogP contribution in [-0.2, 0) is 6.42 Å². The van der Waals surface area contributed by atoms with Crippen molar-refractivity contribution >= 4 is 33.2 Å². The van der Waals surface area contributed by atoms with Gasteiger partial charge in [0.2, 0.25) is 0 Å². The van der Waals surface area contributed by atoms with E-state index in [4.69, 9.17) is 4.74 Å². The number of benzene rings is 1. The first-order valence-electron chi connectivity index (χ1n) is 7.24. The Labute approximate surface area is 142 Å². The van der Waals surface area contributed by atoms with Crippen LogP contribution < -0.4 is 10.1 Å². The van der Waals surface area contributed by atoms with Gasteiger partial charge in [0.05, 0.1) is 12.8 Å². The van der Waals surface area contributed by atoms with E-state index in [1.165, 1.54) is 0 Å². The summed E-state index contributed by atoms with van der Waals surface area (Å²) in [6.07, 6.45) is 2.53. The molecule has 0 aliphatic heterocycles. The zero-order valence-electron chi connectivity index (χ0n) is 12.8. The first-order valence-corrected chi connectivity index (χ1v) is 8.03. The summed E-state index contributed by atoms with van der Waals surface area (Å²) in [5.41, 5.74) is 2.75. The zero-order chi connectivity index (χ0) is 16.4. The van der Waals surface area contributed by atoms with Crippen molar-refractivity contribution in [3.8, 4) is 5.75 Å². The summed E-state index contributed by atoms with van der Waals surface area (Å²) in [5.74, 6) is 0.500. The van der Waals surface area contributed by atoms with Gasteiger partial charge >= 0.3 is 0 Å². The average Bonchev–Trinajstić information content (AvgIpc) is 2.92. The quantitative estimate of drug-likeness (QED) is 0.753. The number of rotatable bonds is 4. The van der Waals surface area contributed by atoms with Crippen LogP contribution in [0.1, 0.15) is 23.1 Å². The van der Waals surface area contributed by atoms with E-state index in [0.29, 0.717) is 23.6 Å². The van der Waals surface area contributed by atoms with Gasteiger partial charge in [-0.2, -0.15) is 0 Å². The third-order valence-electron chi connectivity index (χ3n) is 3.53. The van der Waals surface area contributed by atoms with Gasteiger partial charge in [-0.1, -0.05) is 13.0 Å². The lowest BCUT2D eigenvalue weighted by Crippen LogP contribution is -2.16. The van der Waals surface area contributed by atoms with Crippen molar-refractivity contribution in [3.05, 3.63) is 58.5 Å². The number of hydrogen-bond acceptors (Lipinski definition) is 3. The second-order valence-electron chi connectivity index (χ2n) is 5.02. The Hall–Kier alpha value is -2.34. The van der Waals surface area contributed by atoms with Crippen molar-refractivity contribution in [2.24, 2.45) is 0 Å². The molecule has 6 heteroatoms. The predicted octanol–water partition coefficient (Wildman–Crippen LogP) is 3.92. The van der Waals surface area contributed by atoms with Crippen molar-refractivity contribution in [3.63, 3.8) is 0 Å². The maximum atomic E-state index is 12.8. The fourth-order valence-corrected chi connectivity index (χ4v) is 2.78. The average molecular weight is 374 g/mol. The summed E-state index contributed by atoms with van der Waals surface area (Å²) in [7, 11) is 1.60. The van der Waals surface area contributed by atoms with Crippen LogP contribution in [0.15, 0.2) is 47.1 Å². The van der Waals surface area contributed by atoms with Gasteiger partial charge in [-0.3, -0.25) is 9.20 Å². The van der Waals surface area contributed by atoms with E-state index in [0.717, 1.165) is 15.8 Å². The third kappa shape index (κ3) is 3.07. The van der Waals surface area contributed by atoms with Crippen molar-refractivity contribution in [1.29, 1.82) is 0 Å². The number of anilines is 1. The molecule has 0 atom stereocenters. The number of methoxy groups -OCH3 is 1. The Morgan fingerprint density at radius 3 is 2.91 bits per heavy atom. The molecule has 5 nitrogen and oxygen atoms in total. The van der Waals surface area contributed by atoms with E-state index in [1.54, 1.807) is 17.6 Å². The van der Waals surface area contributed by atoms with Crippen molar-refractivity contribution in [2.45, 2.75) is 13.3 Å². The Bertz CT molecular complexity index is 873. The zero-order valence-corrected chi connectivity index (χ0v) is 14.4. The summed E-state index contributed by atoms with van der Waals surface area (Å²) < 4.78 is 7.88. The lowest BCUT2D eigenvalue weighted by Gasteiger charge is -2.08. The summed E-state index contributed by atoms with van der Waals surface area (Å²) in [6.45, 7) is 1.99. The summed E-state index contributed by atoms with van der Waals surface area (Å²) in [5, 5.41) is 2.91. The molecule has 1 N–H and O–H groups in total. The Balaban J connectivity index is 2.01. The van der Waals surface area contributed by atoms with Gasteiger partial charge in [-0.25, -0.2) is 4.98 Å². The van der Waals surface area contributed by atoms with Crippen LogP contribution in [0, 0.1) is 0 Å². The second-order valence-corrected chi connectivity index (χ2v) is 5.94. The number of hydrogen-bond donors (Lipinski definition) is 1. The van der Waals surface area contributed by atoms with Crippen LogP contribution >= 0.6 is 15.9 Å². The molecule has 0 saturated heterocycles. The van der Waals surface area contributed by atoms with E-state index in [9.17, 15) is 4.79 Å². The molecule has 0 bridgehead atoms. The second kappa shape index (κ2) is 6.42. The monoisotopic (exact) mass is 373 g/mol. The minimum absolute atomic E-state index is 0.194. The first kappa shape index (κ1) is 15.6. The van der Waals surface area contributed by atoms with Crippen molar-refractivity contribution in [1.82, 2.24) is 9.38 Å². The molecule has 2 heterocycles. The smallest absolute Gasteiger partial charge is 0.274 e. The highest BCUT2D eigenvalue weighted by atomic mass is 79.9. The van der Waals surface area contributed by atoms with Crippen LogP contribution in [0.2, 0.25) is 0 Å². The minimum atomic E-state index is -0.194. The molecular weight excluding hydrogens is 358 g/mol. The number of carbonyl (C=O) groups excluding carboxylic acids is 1. The number of amides is 1. The SMILES string of the molecule is CCc1nc2ccc(Br)cn2c1C(=O)Nc1cccc(OC)c1. The summed E-state index contributed by atoms with van der Waals surface area (Å²) in [4.78, 5) is 17.3. The molecule has 1 aromatic carbocycles. The molecule has 0 fully saturated rings. The fourth-order valence-electron chi connectivity index (χ4n) is 2.45. The Morgan fingerprint density at radius 2 is 2.17 bits per heavy atom. The topological polar surface area (TPSA) is 55.6 Å². The highest BCUT2D eigenvalue weighted by Gasteiger charge is 2.18. The maximum absolute atomic E-state index is 12.8. The summed E-state index contributed by atoms with van der Waals surface area (Å²) >= 11 is 3.44. The molecule has 0 aliphatic rings. The number of nitrogens with one attached hydrogen (secondary N) is 1. The number of ether oxygens (including phenoxy) is 1. The van der Waals surface area contributed by atoms with Gasteiger partial charge in [0, 0.05) is 22.4 Å². The number of nitrogens with zero attached hydrogens (tertiary/aromatic N) is 2. The van der Waals surface area contributed by atoms with Crippen molar-refractivity contribution < 1.29 is 9.53 Å². The molecule has 118 valence electrons. The number of imidazole rings is 1. The number of pyridine rings is 1. The number of fused-ring (bicyclic) bond motifs is 1. The molecule has 3 aromatic rings. The van der Waals surface area contributed by atoms with Gasteiger partial charge in [0.1, 0.15) is 17.1 Å². The van der Waals surface area contributed by atoms with Crippen LogP contribution in [0.5, 0.6) is 5.75 Å². The lowest BCUT2D eigenvalue weighted by molar-refractivity contribution is 0.102. The molecular formula is C17H16BrN3O2. The van der Waals surface area contributed by atoms with Crippen LogP contribution in [0.3, 0.4) is 0 Å². The fraction of sp³-hybridized carbons (Fsp3) is 0.176. The first-order chi connectivity index (χ1) is 11.1. The van der Waals surface area contributed by atoms with Gasteiger partial charge in [-0.15, -0.1) is 0 Å². The molecule has 0 radical (unpaired) electrons. The van der Waals surface area contributed by atoms with Crippen LogP contribution in [0.4, 0.5) is 5.69 Å². The van der Waals surface area contributed by atoms with E-state index < -0.39 is 0 Å². The lowest BCUT2D eigenvalue weighted by atomic mass is 10.2. The predicted molar refractivity (Wildman–Crippen MR) is 93.2 cm³/mol. The number of carbonyl (C=O) groups is 1. The number of halogens is 1. The van der Waals surface area contributed by atoms with Gasteiger partial charge < -0.3 is 10.1 Å². The highest BCUT2D eigenvalue weighted by molar-refractivity contribution is 9.10. The molecule has 2 aromatic heterocycles. The maximum Gasteiger partial charge on any atom is 0.274 e. The molecule has 23 heavy (non-hydrogen) atoms. The highest BCUT2D eigenvalue weighted by Crippen LogP contribution is 2.21. The van der Waals surface area contributed by atoms with Gasteiger partial charge in [0.25, 0.3) is 5.91 Å². The molecule has 1 amide bonds. The Morgan fingerprint density at radius 1 is 1.35 bits per heavy atom. The number of aromatic nitrogens is 2. The molecule has 0 spiro atoms. The normalized spacial score (nSPS) is 10.7. The van der Waals surface area contributed by atoms with Gasteiger partial charge in [-0.05, 0) is 46.6 Å². The largest absolute Gasteiger partial charge is 0.497 e. The molecule has 0 aliphatic carbocycles. The third-order valence-corrected chi connectivity index (χ3v) is 4.00. The molecule has 0 unspecified atom stereocenters. The molecule has 3 rings (SSSR count). The van der Waals surface area contributed by atoms with Crippen molar-refractivity contribution in [2.75, 3.05) is 12.4 Å². The van der Waals surface area contributed by atoms with E-state index in [2.05, 4.69) is 26.2 Å². The minimum Gasteiger partial charge on any atom is -0.497 e. The Kier molecular flexibility index (Phi) is 4.34. The number of aryl methyl sites for hydroxylation is 1. The van der Waals surface area contributed by atoms with E-state index >= 15 is 0 Å². The van der Waals surface area contributed by atoms with Crippen LogP contribution in [-0.4, -0.2) is 22.4 Å².